The van der Waals surface area contributed by atoms with Gasteiger partial charge >= 0.3 is 0 Å². The van der Waals surface area contributed by atoms with Gasteiger partial charge in [-0.15, -0.1) is 0 Å². The molecule has 2 rings (SSSR count). The van der Waals surface area contributed by atoms with Crippen molar-refractivity contribution in [2.75, 3.05) is 32.7 Å². The quantitative estimate of drug-likeness (QED) is 0.743. The zero-order valence-corrected chi connectivity index (χ0v) is 10.5. The van der Waals surface area contributed by atoms with E-state index in [1.165, 1.54) is 39.0 Å². The van der Waals surface area contributed by atoms with Crippen molar-refractivity contribution in [3.8, 4) is 0 Å². The Morgan fingerprint density at radius 2 is 2.00 bits per heavy atom. The summed E-state index contributed by atoms with van der Waals surface area (Å²) in [5.74, 6) is 0.879. The van der Waals surface area contributed by atoms with E-state index in [1.54, 1.807) is 0 Å². The van der Waals surface area contributed by atoms with Crippen molar-refractivity contribution >= 4 is 0 Å². The zero-order chi connectivity index (χ0) is 11.4. The van der Waals surface area contributed by atoms with Gasteiger partial charge in [-0.2, -0.15) is 0 Å². The molecule has 0 amide bonds. The largest absolute Gasteiger partial charge is 0.390 e. The van der Waals surface area contributed by atoms with Gasteiger partial charge in [0.05, 0.1) is 5.60 Å². The minimum absolute atomic E-state index is 0.414. The summed E-state index contributed by atoms with van der Waals surface area (Å²) in [6.45, 7) is 7.88. The highest BCUT2D eigenvalue weighted by Gasteiger charge is 2.26. The molecule has 3 heteroatoms. The fourth-order valence-electron chi connectivity index (χ4n) is 2.93. The average Bonchev–Trinajstić information content (AvgIpc) is 2.42. The van der Waals surface area contributed by atoms with E-state index in [4.69, 9.17) is 0 Å². The van der Waals surface area contributed by atoms with Crippen LogP contribution >= 0.6 is 0 Å². The van der Waals surface area contributed by atoms with Crippen LogP contribution in [0.15, 0.2) is 0 Å². The first-order valence-electron chi connectivity index (χ1n) is 6.81. The van der Waals surface area contributed by atoms with E-state index in [0.717, 1.165) is 31.7 Å². The molecular weight excluding hydrogens is 200 g/mol. The molecule has 0 aromatic rings. The minimum atomic E-state index is -0.414. The molecule has 2 N–H and O–H groups in total. The van der Waals surface area contributed by atoms with Gasteiger partial charge in [-0.25, -0.2) is 0 Å². The maximum absolute atomic E-state index is 10.0. The van der Waals surface area contributed by atoms with Crippen LogP contribution in [0, 0.1) is 5.92 Å². The second-order valence-electron chi connectivity index (χ2n) is 5.84. The molecule has 2 fully saturated rings. The van der Waals surface area contributed by atoms with Crippen molar-refractivity contribution in [2.24, 2.45) is 5.92 Å². The van der Waals surface area contributed by atoms with E-state index >= 15 is 0 Å². The number of nitrogens with zero attached hydrogens (tertiary/aromatic N) is 1. The van der Waals surface area contributed by atoms with Crippen LogP contribution in [-0.2, 0) is 0 Å². The Morgan fingerprint density at radius 1 is 1.25 bits per heavy atom. The Balaban J connectivity index is 1.76. The van der Waals surface area contributed by atoms with Crippen molar-refractivity contribution in [3.63, 3.8) is 0 Å². The van der Waals surface area contributed by atoms with E-state index < -0.39 is 5.60 Å². The third kappa shape index (κ3) is 3.72. The highest BCUT2D eigenvalue weighted by molar-refractivity contribution is 4.81. The van der Waals surface area contributed by atoms with Crippen LogP contribution in [0.1, 0.15) is 39.0 Å². The number of hydrogen-bond donors (Lipinski definition) is 2. The molecule has 0 aromatic heterocycles. The third-order valence-electron chi connectivity index (χ3n) is 4.13. The molecule has 0 radical (unpaired) electrons. The first-order chi connectivity index (χ1) is 7.66. The van der Waals surface area contributed by atoms with E-state index in [9.17, 15) is 5.11 Å². The summed E-state index contributed by atoms with van der Waals surface area (Å²) < 4.78 is 0. The second-order valence-corrected chi connectivity index (χ2v) is 5.84. The van der Waals surface area contributed by atoms with Crippen LogP contribution in [-0.4, -0.2) is 48.3 Å². The molecule has 0 bridgehead atoms. The van der Waals surface area contributed by atoms with Gasteiger partial charge in [0.15, 0.2) is 0 Å². The standard InChI is InChI=1S/C13H26N2O/c1-13(16)5-2-9-15(10-6-13)11-12-3-7-14-8-4-12/h12,14,16H,2-11H2,1H3. The van der Waals surface area contributed by atoms with Gasteiger partial charge < -0.3 is 15.3 Å². The Morgan fingerprint density at radius 3 is 2.75 bits per heavy atom. The summed E-state index contributed by atoms with van der Waals surface area (Å²) in [5, 5.41) is 13.5. The van der Waals surface area contributed by atoms with Crippen LogP contribution in [0.2, 0.25) is 0 Å². The fourth-order valence-corrected chi connectivity index (χ4v) is 2.93. The normalized spacial score (nSPS) is 34.9. The smallest absolute Gasteiger partial charge is 0.0632 e. The van der Waals surface area contributed by atoms with Crippen molar-refractivity contribution < 1.29 is 5.11 Å². The highest BCUT2D eigenvalue weighted by Crippen LogP contribution is 2.23. The second kappa shape index (κ2) is 5.48. The van der Waals surface area contributed by atoms with E-state index in [1.807, 2.05) is 6.92 Å². The first kappa shape index (κ1) is 12.3. The lowest BCUT2D eigenvalue weighted by atomic mass is 9.97. The number of likely N-dealkylation sites (tertiary alicyclic amines) is 1. The predicted molar refractivity (Wildman–Crippen MR) is 66.5 cm³/mol. The van der Waals surface area contributed by atoms with Gasteiger partial charge in [-0.1, -0.05) is 0 Å². The molecule has 0 spiro atoms. The summed E-state index contributed by atoms with van der Waals surface area (Å²) in [5.41, 5.74) is -0.414. The molecule has 2 aliphatic rings. The number of piperidine rings is 1. The maximum atomic E-state index is 10.0. The lowest BCUT2D eigenvalue weighted by Gasteiger charge is -2.29. The fraction of sp³-hybridized carbons (Fsp3) is 1.00. The summed E-state index contributed by atoms with van der Waals surface area (Å²) in [4.78, 5) is 2.57. The van der Waals surface area contributed by atoms with Gasteiger partial charge in [0.2, 0.25) is 0 Å². The Hall–Kier alpha value is -0.120. The summed E-state index contributed by atoms with van der Waals surface area (Å²) in [6.07, 6.45) is 5.71. The maximum Gasteiger partial charge on any atom is 0.0632 e. The van der Waals surface area contributed by atoms with E-state index in [-0.39, 0.29) is 0 Å². The number of rotatable bonds is 2. The van der Waals surface area contributed by atoms with Crippen LogP contribution in [0.25, 0.3) is 0 Å². The zero-order valence-electron chi connectivity index (χ0n) is 10.5. The van der Waals surface area contributed by atoms with Crippen LogP contribution < -0.4 is 5.32 Å². The molecule has 2 aliphatic heterocycles. The van der Waals surface area contributed by atoms with Crippen LogP contribution in [0.3, 0.4) is 0 Å². The highest BCUT2D eigenvalue weighted by atomic mass is 16.3. The van der Waals surface area contributed by atoms with Crippen LogP contribution in [0.4, 0.5) is 0 Å². The molecule has 1 unspecified atom stereocenters. The number of hydrogen-bond acceptors (Lipinski definition) is 3. The lowest BCUT2D eigenvalue weighted by molar-refractivity contribution is 0.0439. The average molecular weight is 226 g/mol. The summed E-state index contributed by atoms with van der Waals surface area (Å²) in [7, 11) is 0. The van der Waals surface area contributed by atoms with Gasteiger partial charge in [0.25, 0.3) is 0 Å². The van der Waals surface area contributed by atoms with Crippen molar-refractivity contribution in [3.05, 3.63) is 0 Å². The van der Waals surface area contributed by atoms with Gasteiger partial charge in [0, 0.05) is 13.1 Å². The van der Waals surface area contributed by atoms with Crippen molar-refractivity contribution in [1.82, 2.24) is 10.2 Å². The van der Waals surface area contributed by atoms with Gasteiger partial charge in [-0.3, -0.25) is 0 Å². The Labute approximate surface area is 99.2 Å². The monoisotopic (exact) mass is 226 g/mol. The van der Waals surface area contributed by atoms with E-state index in [0.29, 0.717) is 0 Å². The molecule has 2 heterocycles. The molecule has 2 saturated heterocycles. The molecule has 0 saturated carbocycles. The molecule has 3 nitrogen and oxygen atoms in total. The third-order valence-corrected chi connectivity index (χ3v) is 4.13. The lowest BCUT2D eigenvalue weighted by Crippen LogP contribution is -2.37. The molecule has 16 heavy (non-hydrogen) atoms. The van der Waals surface area contributed by atoms with Crippen LogP contribution in [0.5, 0.6) is 0 Å². The molecular formula is C13H26N2O. The SMILES string of the molecule is CC1(O)CCCN(CC2CCNCC2)CC1. The molecule has 94 valence electrons. The van der Waals surface area contributed by atoms with E-state index in [2.05, 4.69) is 10.2 Å². The van der Waals surface area contributed by atoms with Gasteiger partial charge in [-0.05, 0) is 64.6 Å². The summed E-state index contributed by atoms with van der Waals surface area (Å²) >= 11 is 0. The Bertz CT molecular complexity index is 212. The molecule has 0 aromatic carbocycles. The Kier molecular flexibility index (Phi) is 4.22. The number of nitrogens with one attached hydrogen (secondary N) is 1. The summed E-state index contributed by atoms with van der Waals surface area (Å²) in [6, 6.07) is 0. The minimum Gasteiger partial charge on any atom is -0.390 e. The first-order valence-corrected chi connectivity index (χ1v) is 6.81. The van der Waals surface area contributed by atoms with Gasteiger partial charge in [0.1, 0.15) is 0 Å². The molecule has 1 atom stereocenters. The topological polar surface area (TPSA) is 35.5 Å². The van der Waals surface area contributed by atoms with Crippen molar-refractivity contribution in [2.45, 2.75) is 44.6 Å². The number of aliphatic hydroxyl groups is 1. The predicted octanol–water partition coefficient (Wildman–Crippen LogP) is 1.22. The van der Waals surface area contributed by atoms with Crippen molar-refractivity contribution in [1.29, 1.82) is 0 Å². The molecule has 0 aliphatic carbocycles.